The molecule has 0 unspecified atom stereocenters. The first-order valence-electron chi connectivity index (χ1n) is 7.97. The van der Waals surface area contributed by atoms with Gasteiger partial charge in [0.1, 0.15) is 0 Å². The quantitative estimate of drug-likeness (QED) is 0.732. The SMILES string of the molecule is Cc1cccc(C(=O)N[C@H](c2nnc(SCC(N)=O)n2C)C(C)C)c1. The molecule has 0 aliphatic heterocycles. The smallest absolute Gasteiger partial charge is 0.251 e. The second-order valence-electron chi connectivity index (χ2n) is 6.22. The Morgan fingerprint density at radius 1 is 1.32 bits per heavy atom. The van der Waals surface area contributed by atoms with Gasteiger partial charge in [0.25, 0.3) is 5.91 Å². The minimum Gasteiger partial charge on any atom is -0.369 e. The number of thioether (sulfide) groups is 1. The van der Waals surface area contributed by atoms with Crippen LogP contribution in [0.15, 0.2) is 29.4 Å². The third-order valence-electron chi connectivity index (χ3n) is 3.72. The van der Waals surface area contributed by atoms with Gasteiger partial charge in [0.05, 0.1) is 11.8 Å². The molecule has 1 heterocycles. The van der Waals surface area contributed by atoms with E-state index < -0.39 is 5.91 Å². The molecule has 2 amide bonds. The number of benzene rings is 1. The molecule has 0 aliphatic carbocycles. The maximum Gasteiger partial charge on any atom is 0.251 e. The van der Waals surface area contributed by atoms with Crippen LogP contribution >= 0.6 is 11.8 Å². The van der Waals surface area contributed by atoms with E-state index in [1.54, 1.807) is 10.6 Å². The average molecular weight is 361 g/mol. The van der Waals surface area contributed by atoms with Gasteiger partial charge in [0, 0.05) is 12.6 Å². The average Bonchev–Trinajstić information content (AvgIpc) is 2.90. The highest BCUT2D eigenvalue weighted by Crippen LogP contribution is 2.24. The third kappa shape index (κ3) is 4.82. The van der Waals surface area contributed by atoms with E-state index >= 15 is 0 Å². The lowest BCUT2D eigenvalue weighted by Gasteiger charge is -2.21. The Morgan fingerprint density at radius 3 is 2.64 bits per heavy atom. The van der Waals surface area contributed by atoms with Gasteiger partial charge in [-0.3, -0.25) is 9.59 Å². The summed E-state index contributed by atoms with van der Waals surface area (Å²) < 4.78 is 1.79. The molecule has 7 nitrogen and oxygen atoms in total. The highest BCUT2D eigenvalue weighted by Gasteiger charge is 2.25. The van der Waals surface area contributed by atoms with Crippen molar-refractivity contribution < 1.29 is 9.59 Å². The van der Waals surface area contributed by atoms with Crippen molar-refractivity contribution in [1.29, 1.82) is 0 Å². The molecule has 3 N–H and O–H groups in total. The van der Waals surface area contributed by atoms with Crippen molar-refractivity contribution in [2.24, 2.45) is 18.7 Å². The van der Waals surface area contributed by atoms with E-state index in [0.29, 0.717) is 16.5 Å². The number of nitrogens with one attached hydrogen (secondary N) is 1. The fourth-order valence-electron chi connectivity index (χ4n) is 2.40. The standard InChI is InChI=1S/C17H23N5O2S/c1-10(2)14(19-16(24)12-7-5-6-11(3)8-12)15-20-21-17(22(15)4)25-9-13(18)23/h5-8,10,14H,9H2,1-4H3,(H2,18,23)(H,19,24)/t14-/m0/s1. The van der Waals surface area contributed by atoms with Gasteiger partial charge in [0.15, 0.2) is 11.0 Å². The minimum atomic E-state index is -0.414. The topological polar surface area (TPSA) is 103 Å². The summed E-state index contributed by atoms with van der Waals surface area (Å²) in [5.74, 6) is 0.321. The minimum absolute atomic E-state index is 0.116. The van der Waals surface area contributed by atoms with Crippen molar-refractivity contribution >= 4 is 23.6 Å². The molecule has 8 heteroatoms. The van der Waals surface area contributed by atoms with Gasteiger partial charge in [0.2, 0.25) is 5.91 Å². The van der Waals surface area contributed by atoms with Gasteiger partial charge in [-0.25, -0.2) is 0 Å². The molecule has 2 rings (SSSR count). The number of aromatic nitrogens is 3. The second kappa shape index (κ2) is 8.15. The molecule has 1 aromatic heterocycles. The van der Waals surface area contributed by atoms with Crippen LogP contribution in [0.25, 0.3) is 0 Å². The first-order valence-corrected chi connectivity index (χ1v) is 8.96. The molecule has 25 heavy (non-hydrogen) atoms. The molecule has 134 valence electrons. The van der Waals surface area contributed by atoms with Crippen LogP contribution < -0.4 is 11.1 Å². The van der Waals surface area contributed by atoms with Crippen LogP contribution in [0.4, 0.5) is 0 Å². The Bertz CT molecular complexity index is 772. The van der Waals surface area contributed by atoms with Crippen LogP contribution in [0.1, 0.15) is 41.6 Å². The molecular weight excluding hydrogens is 338 g/mol. The normalized spacial score (nSPS) is 12.2. The zero-order valence-electron chi connectivity index (χ0n) is 14.8. The van der Waals surface area contributed by atoms with Crippen LogP contribution in [0.5, 0.6) is 0 Å². The Morgan fingerprint density at radius 2 is 2.04 bits per heavy atom. The van der Waals surface area contributed by atoms with E-state index in [9.17, 15) is 9.59 Å². The first-order chi connectivity index (χ1) is 11.8. The molecule has 0 fully saturated rings. The number of carbonyl (C=O) groups excluding carboxylic acids is 2. The number of hydrogen-bond acceptors (Lipinski definition) is 5. The Labute approximate surface area is 151 Å². The predicted molar refractivity (Wildman–Crippen MR) is 97.1 cm³/mol. The van der Waals surface area contributed by atoms with Crippen molar-refractivity contribution in [3.05, 3.63) is 41.2 Å². The van der Waals surface area contributed by atoms with Gasteiger partial charge in [-0.15, -0.1) is 10.2 Å². The van der Waals surface area contributed by atoms with Gasteiger partial charge < -0.3 is 15.6 Å². The van der Waals surface area contributed by atoms with E-state index in [1.807, 2.05) is 46.0 Å². The van der Waals surface area contributed by atoms with Gasteiger partial charge >= 0.3 is 0 Å². The van der Waals surface area contributed by atoms with E-state index in [1.165, 1.54) is 11.8 Å². The Balaban J connectivity index is 2.21. The number of nitrogens with zero attached hydrogens (tertiary/aromatic N) is 3. The van der Waals surface area contributed by atoms with Gasteiger partial charge in [-0.1, -0.05) is 43.3 Å². The van der Waals surface area contributed by atoms with Crippen LogP contribution in [0, 0.1) is 12.8 Å². The molecule has 1 atom stereocenters. The van der Waals surface area contributed by atoms with Crippen LogP contribution in [0.3, 0.4) is 0 Å². The fraction of sp³-hybridized carbons (Fsp3) is 0.412. The highest BCUT2D eigenvalue weighted by atomic mass is 32.2. The maximum absolute atomic E-state index is 12.6. The lowest BCUT2D eigenvalue weighted by atomic mass is 10.0. The van der Waals surface area contributed by atoms with E-state index in [2.05, 4.69) is 15.5 Å². The molecule has 0 spiro atoms. The predicted octanol–water partition coefficient (Wildman–Crippen LogP) is 1.83. The van der Waals surface area contributed by atoms with Crippen LogP contribution in [0.2, 0.25) is 0 Å². The maximum atomic E-state index is 12.6. The summed E-state index contributed by atoms with van der Waals surface area (Å²) in [4.78, 5) is 23.5. The summed E-state index contributed by atoms with van der Waals surface area (Å²) in [6, 6.07) is 7.13. The van der Waals surface area contributed by atoms with E-state index in [4.69, 9.17) is 5.73 Å². The van der Waals surface area contributed by atoms with E-state index in [-0.39, 0.29) is 23.6 Å². The fourth-order valence-corrected chi connectivity index (χ4v) is 3.06. The summed E-state index contributed by atoms with van der Waals surface area (Å²) in [6.45, 7) is 5.96. The Hall–Kier alpha value is -2.35. The largest absolute Gasteiger partial charge is 0.369 e. The number of nitrogens with two attached hydrogens (primary N) is 1. The van der Waals surface area contributed by atoms with Crippen molar-refractivity contribution in [1.82, 2.24) is 20.1 Å². The number of amides is 2. The molecule has 0 bridgehead atoms. The number of rotatable bonds is 7. The van der Waals surface area contributed by atoms with Crippen molar-refractivity contribution in [3.8, 4) is 0 Å². The number of carbonyl (C=O) groups is 2. The summed E-state index contributed by atoms with van der Waals surface area (Å²) in [7, 11) is 1.81. The Kier molecular flexibility index (Phi) is 6.19. The van der Waals surface area contributed by atoms with Crippen LogP contribution in [-0.4, -0.2) is 32.3 Å². The molecule has 1 aromatic carbocycles. The summed E-state index contributed by atoms with van der Waals surface area (Å²) >= 11 is 1.22. The monoisotopic (exact) mass is 361 g/mol. The molecule has 0 radical (unpaired) electrons. The van der Waals surface area contributed by atoms with Crippen molar-refractivity contribution in [3.63, 3.8) is 0 Å². The molecular formula is C17H23N5O2S. The highest BCUT2D eigenvalue weighted by molar-refractivity contribution is 7.99. The summed E-state index contributed by atoms with van der Waals surface area (Å²) in [5, 5.41) is 11.9. The number of aryl methyl sites for hydroxylation is 1. The molecule has 2 aromatic rings. The molecule has 0 saturated carbocycles. The summed E-state index contributed by atoms with van der Waals surface area (Å²) in [5.41, 5.74) is 6.81. The number of primary amides is 1. The lowest BCUT2D eigenvalue weighted by molar-refractivity contribution is -0.115. The van der Waals surface area contributed by atoms with Gasteiger partial charge in [-0.2, -0.15) is 0 Å². The first kappa shape index (κ1) is 19.0. The van der Waals surface area contributed by atoms with Crippen molar-refractivity contribution in [2.45, 2.75) is 32.0 Å². The van der Waals surface area contributed by atoms with E-state index in [0.717, 1.165) is 5.56 Å². The van der Waals surface area contributed by atoms with Crippen molar-refractivity contribution in [2.75, 3.05) is 5.75 Å². The van der Waals surface area contributed by atoms with Crippen LogP contribution in [-0.2, 0) is 11.8 Å². The van der Waals surface area contributed by atoms with Gasteiger partial charge in [-0.05, 0) is 25.0 Å². The molecule has 0 saturated heterocycles. The second-order valence-corrected chi connectivity index (χ2v) is 7.16. The third-order valence-corrected chi connectivity index (χ3v) is 4.77. The summed E-state index contributed by atoms with van der Waals surface area (Å²) in [6.07, 6.45) is 0. The number of hydrogen-bond donors (Lipinski definition) is 2. The lowest BCUT2D eigenvalue weighted by Crippen LogP contribution is -2.33. The molecule has 0 aliphatic rings. The zero-order valence-corrected chi connectivity index (χ0v) is 15.6. The zero-order chi connectivity index (χ0) is 18.6.